The van der Waals surface area contributed by atoms with Gasteiger partial charge in [-0.25, -0.2) is 4.39 Å². The third kappa shape index (κ3) is 1.83. The Morgan fingerprint density at radius 3 is 2.67 bits per heavy atom. The SMILES string of the molecule is COC(C)c1cc(F)ccc1C. The highest BCUT2D eigenvalue weighted by Gasteiger charge is 2.07. The van der Waals surface area contributed by atoms with Gasteiger partial charge >= 0.3 is 0 Å². The maximum atomic E-state index is 12.8. The van der Waals surface area contributed by atoms with Crippen molar-refractivity contribution in [1.29, 1.82) is 0 Å². The normalized spacial score (nSPS) is 13.0. The molecule has 0 aliphatic carbocycles. The van der Waals surface area contributed by atoms with Crippen molar-refractivity contribution >= 4 is 0 Å². The van der Waals surface area contributed by atoms with Crippen molar-refractivity contribution in [3.8, 4) is 0 Å². The maximum Gasteiger partial charge on any atom is 0.123 e. The fourth-order valence-electron chi connectivity index (χ4n) is 1.18. The monoisotopic (exact) mass is 168 g/mol. The van der Waals surface area contributed by atoms with Gasteiger partial charge in [0.05, 0.1) is 6.10 Å². The lowest BCUT2D eigenvalue weighted by Crippen LogP contribution is -1.99. The molecule has 1 rings (SSSR count). The third-order valence-electron chi connectivity index (χ3n) is 2.03. The van der Waals surface area contributed by atoms with Crippen molar-refractivity contribution in [3.63, 3.8) is 0 Å². The Labute approximate surface area is 72.2 Å². The molecule has 0 aliphatic heterocycles. The Morgan fingerprint density at radius 1 is 1.42 bits per heavy atom. The van der Waals surface area contributed by atoms with Crippen LogP contribution >= 0.6 is 0 Å². The zero-order valence-corrected chi connectivity index (χ0v) is 7.60. The Bertz CT molecular complexity index is 271. The van der Waals surface area contributed by atoms with Gasteiger partial charge in [0, 0.05) is 7.11 Å². The van der Waals surface area contributed by atoms with E-state index in [1.54, 1.807) is 13.2 Å². The topological polar surface area (TPSA) is 9.23 Å². The van der Waals surface area contributed by atoms with Crippen molar-refractivity contribution < 1.29 is 9.13 Å². The summed E-state index contributed by atoms with van der Waals surface area (Å²) in [5.74, 6) is -0.209. The maximum absolute atomic E-state index is 12.8. The van der Waals surface area contributed by atoms with Crippen LogP contribution in [0.1, 0.15) is 24.2 Å². The van der Waals surface area contributed by atoms with Crippen LogP contribution in [0.4, 0.5) is 4.39 Å². The number of hydrogen-bond donors (Lipinski definition) is 0. The lowest BCUT2D eigenvalue weighted by Gasteiger charge is -2.12. The molecule has 12 heavy (non-hydrogen) atoms. The molecule has 1 aromatic carbocycles. The van der Waals surface area contributed by atoms with Crippen LogP contribution in [0, 0.1) is 12.7 Å². The first-order valence-electron chi connectivity index (χ1n) is 3.94. The molecule has 0 fully saturated rings. The van der Waals surface area contributed by atoms with Crippen LogP contribution in [0.2, 0.25) is 0 Å². The number of halogens is 1. The molecular weight excluding hydrogens is 155 g/mol. The molecule has 1 unspecified atom stereocenters. The quantitative estimate of drug-likeness (QED) is 0.659. The Kier molecular flexibility index (Phi) is 2.82. The van der Waals surface area contributed by atoms with Gasteiger partial charge < -0.3 is 4.74 Å². The molecule has 0 aliphatic rings. The van der Waals surface area contributed by atoms with Gasteiger partial charge in [-0.2, -0.15) is 0 Å². The van der Waals surface area contributed by atoms with E-state index in [-0.39, 0.29) is 11.9 Å². The summed E-state index contributed by atoms with van der Waals surface area (Å²) in [6, 6.07) is 4.74. The predicted octanol–water partition coefficient (Wildman–Crippen LogP) is 2.84. The van der Waals surface area contributed by atoms with Crippen LogP contribution in [-0.2, 0) is 4.74 Å². The average molecular weight is 168 g/mol. The fourth-order valence-corrected chi connectivity index (χ4v) is 1.18. The molecule has 0 saturated heterocycles. The molecule has 2 heteroatoms. The average Bonchev–Trinajstić information content (AvgIpc) is 2.08. The van der Waals surface area contributed by atoms with Crippen molar-refractivity contribution in [2.24, 2.45) is 0 Å². The Morgan fingerprint density at radius 2 is 2.08 bits per heavy atom. The summed E-state index contributed by atoms with van der Waals surface area (Å²) >= 11 is 0. The third-order valence-corrected chi connectivity index (χ3v) is 2.03. The van der Waals surface area contributed by atoms with Crippen LogP contribution in [0.3, 0.4) is 0 Å². The zero-order chi connectivity index (χ0) is 9.14. The largest absolute Gasteiger partial charge is 0.377 e. The lowest BCUT2D eigenvalue weighted by atomic mass is 10.0. The highest BCUT2D eigenvalue weighted by atomic mass is 19.1. The minimum Gasteiger partial charge on any atom is -0.377 e. The van der Waals surface area contributed by atoms with E-state index >= 15 is 0 Å². The highest BCUT2D eigenvalue weighted by Crippen LogP contribution is 2.20. The van der Waals surface area contributed by atoms with E-state index < -0.39 is 0 Å². The van der Waals surface area contributed by atoms with Crippen molar-refractivity contribution in [1.82, 2.24) is 0 Å². The van der Waals surface area contributed by atoms with E-state index in [1.807, 2.05) is 13.8 Å². The molecule has 0 aromatic heterocycles. The minimum atomic E-state index is -0.209. The Hall–Kier alpha value is -0.890. The molecule has 0 bridgehead atoms. The number of aryl methyl sites for hydroxylation is 1. The van der Waals surface area contributed by atoms with E-state index in [4.69, 9.17) is 4.74 Å². The standard InChI is InChI=1S/C10H13FO/c1-7-4-5-9(11)6-10(7)8(2)12-3/h4-6,8H,1-3H3. The van der Waals surface area contributed by atoms with E-state index in [1.165, 1.54) is 12.1 Å². The van der Waals surface area contributed by atoms with Crippen LogP contribution in [0.5, 0.6) is 0 Å². The first-order valence-corrected chi connectivity index (χ1v) is 3.94. The van der Waals surface area contributed by atoms with Crippen LogP contribution in [0.15, 0.2) is 18.2 Å². The zero-order valence-electron chi connectivity index (χ0n) is 7.60. The molecule has 0 N–H and O–H groups in total. The van der Waals surface area contributed by atoms with Crippen molar-refractivity contribution in [2.45, 2.75) is 20.0 Å². The summed E-state index contributed by atoms with van der Waals surface area (Å²) in [5.41, 5.74) is 1.98. The molecule has 66 valence electrons. The molecule has 1 aromatic rings. The molecular formula is C10H13FO. The summed E-state index contributed by atoms with van der Waals surface area (Å²) in [6.07, 6.45) is -0.0410. The number of ether oxygens (including phenoxy) is 1. The number of benzene rings is 1. The van der Waals surface area contributed by atoms with Gasteiger partial charge in [0.2, 0.25) is 0 Å². The fraction of sp³-hybridized carbons (Fsp3) is 0.400. The summed E-state index contributed by atoms with van der Waals surface area (Å²) < 4.78 is 17.9. The minimum absolute atomic E-state index is 0.0410. The second-order valence-electron chi connectivity index (χ2n) is 2.88. The molecule has 0 amide bonds. The van der Waals surface area contributed by atoms with E-state index in [2.05, 4.69) is 0 Å². The van der Waals surface area contributed by atoms with Gasteiger partial charge in [0.1, 0.15) is 5.82 Å². The summed E-state index contributed by atoms with van der Waals surface area (Å²) in [5, 5.41) is 0. The Balaban J connectivity index is 3.04. The smallest absolute Gasteiger partial charge is 0.123 e. The van der Waals surface area contributed by atoms with Gasteiger partial charge in [0.15, 0.2) is 0 Å². The second-order valence-corrected chi connectivity index (χ2v) is 2.88. The van der Waals surface area contributed by atoms with Gasteiger partial charge in [-0.15, -0.1) is 0 Å². The van der Waals surface area contributed by atoms with E-state index in [0.29, 0.717) is 0 Å². The molecule has 0 radical (unpaired) electrons. The van der Waals surface area contributed by atoms with Gasteiger partial charge in [-0.3, -0.25) is 0 Å². The van der Waals surface area contributed by atoms with Crippen LogP contribution in [0.25, 0.3) is 0 Å². The predicted molar refractivity (Wildman–Crippen MR) is 46.6 cm³/mol. The lowest BCUT2D eigenvalue weighted by molar-refractivity contribution is 0.119. The number of methoxy groups -OCH3 is 1. The first-order chi connectivity index (χ1) is 5.65. The highest BCUT2D eigenvalue weighted by molar-refractivity contribution is 5.28. The van der Waals surface area contributed by atoms with Crippen LogP contribution in [-0.4, -0.2) is 7.11 Å². The van der Waals surface area contributed by atoms with Gasteiger partial charge in [0.25, 0.3) is 0 Å². The molecule has 0 saturated carbocycles. The van der Waals surface area contributed by atoms with Gasteiger partial charge in [-0.1, -0.05) is 6.07 Å². The molecule has 1 atom stereocenters. The van der Waals surface area contributed by atoms with E-state index in [0.717, 1.165) is 11.1 Å². The van der Waals surface area contributed by atoms with E-state index in [9.17, 15) is 4.39 Å². The second kappa shape index (κ2) is 3.68. The van der Waals surface area contributed by atoms with Crippen molar-refractivity contribution in [3.05, 3.63) is 35.1 Å². The van der Waals surface area contributed by atoms with Crippen molar-refractivity contribution in [2.75, 3.05) is 7.11 Å². The molecule has 0 spiro atoms. The number of hydrogen-bond acceptors (Lipinski definition) is 1. The first kappa shape index (κ1) is 9.20. The summed E-state index contributed by atoms with van der Waals surface area (Å²) in [7, 11) is 1.62. The van der Waals surface area contributed by atoms with Crippen LogP contribution < -0.4 is 0 Å². The summed E-state index contributed by atoms with van der Waals surface area (Å²) in [6.45, 7) is 3.85. The molecule has 1 nitrogen and oxygen atoms in total. The molecule has 0 heterocycles. The number of rotatable bonds is 2. The summed E-state index contributed by atoms with van der Waals surface area (Å²) in [4.78, 5) is 0. The van der Waals surface area contributed by atoms with Gasteiger partial charge in [-0.05, 0) is 37.1 Å².